The lowest BCUT2D eigenvalue weighted by atomic mass is 10.1. The molecule has 1 aliphatic carbocycles. The van der Waals surface area contributed by atoms with E-state index in [1.807, 2.05) is 33.8 Å². The molecule has 2 aliphatic rings. The molecule has 0 spiro atoms. The molecule has 38 heavy (non-hydrogen) atoms. The molecule has 1 fully saturated rings. The van der Waals surface area contributed by atoms with Gasteiger partial charge in [-0.3, -0.25) is 4.90 Å². The number of nitrogens with two attached hydrogens (primary N) is 1. The molecular formula is C29H50N6O2S. The standard InChI is InChI=1S/C17H30N4O2.C8H8N2S.2C2H6/c1-3-5-21(6-4-2)16-13-15(18)14-17(19-16)23-12-9-20-7-10-22-11-8-20;9-5-7-6-3-1-2-4-8(6)11-10-7;2*1-2/h13-14H,3-12H2,1-2H3,(H2,18,19);1,3,5,9H,2,4H2;2*1-2H3. The summed E-state index contributed by atoms with van der Waals surface area (Å²) in [6.07, 6.45) is 9.93. The zero-order valence-corrected chi connectivity index (χ0v) is 25.3. The van der Waals surface area contributed by atoms with Gasteiger partial charge in [-0.2, -0.15) is 9.36 Å². The summed E-state index contributed by atoms with van der Waals surface area (Å²) in [7, 11) is 0. The molecule has 0 amide bonds. The topological polar surface area (TPSA) is 101 Å². The molecular weight excluding hydrogens is 496 g/mol. The molecule has 9 heteroatoms. The molecule has 0 unspecified atom stereocenters. The molecule has 0 saturated carbocycles. The Balaban J connectivity index is 0.000000399. The van der Waals surface area contributed by atoms with E-state index in [0.717, 1.165) is 88.7 Å². The maximum Gasteiger partial charge on any atom is 0.217 e. The first-order chi connectivity index (χ1) is 18.6. The van der Waals surface area contributed by atoms with Gasteiger partial charge in [0.25, 0.3) is 0 Å². The third-order valence-corrected chi connectivity index (χ3v) is 6.61. The maximum absolute atomic E-state index is 7.09. The van der Waals surface area contributed by atoms with Crippen molar-refractivity contribution in [3.8, 4) is 5.88 Å². The van der Waals surface area contributed by atoms with Crippen LogP contribution in [0.4, 0.5) is 11.5 Å². The van der Waals surface area contributed by atoms with Crippen molar-refractivity contribution in [1.82, 2.24) is 14.3 Å². The monoisotopic (exact) mass is 546 g/mol. The SMILES string of the molecule is CC.CC.CCCN(CCC)c1cc(N)cc(OCCN2CCOCC2)n1.N=Cc1nsc2c1C=CCC2. The number of anilines is 2. The van der Waals surface area contributed by atoms with E-state index in [9.17, 15) is 0 Å². The summed E-state index contributed by atoms with van der Waals surface area (Å²) in [5, 5.41) is 7.09. The van der Waals surface area contributed by atoms with E-state index < -0.39 is 0 Å². The van der Waals surface area contributed by atoms with Gasteiger partial charge in [-0.25, -0.2) is 0 Å². The number of ether oxygens (including phenoxy) is 2. The van der Waals surface area contributed by atoms with Crippen molar-refractivity contribution < 1.29 is 9.47 Å². The highest BCUT2D eigenvalue weighted by molar-refractivity contribution is 7.06. The van der Waals surface area contributed by atoms with Crippen LogP contribution in [-0.2, 0) is 11.2 Å². The fourth-order valence-electron chi connectivity index (χ4n) is 3.96. The fraction of sp³-hybridized carbons (Fsp3) is 0.621. The van der Waals surface area contributed by atoms with Crippen molar-refractivity contribution in [3.05, 3.63) is 34.3 Å². The molecule has 0 radical (unpaired) electrons. The van der Waals surface area contributed by atoms with E-state index in [2.05, 4.69) is 45.2 Å². The quantitative estimate of drug-likeness (QED) is 0.345. The first-order valence-electron chi connectivity index (χ1n) is 14.3. The van der Waals surface area contributed by atoms with Crippen LogP contribution in [0.3, 0.4) is 0 Å². The second-order valence-electron chi connectivity index (χ2n) is 8.38. The number of nitrogens with zero attached hydrogens (tertiary/aromatic N) is 4. The van der Waals surface area contributed by atoms with Crippen molar-refractivity contribution in [2.75, 3.05) is 63.2 Å². The van der Waals surface area contributed by atoms with Crippen LogP contribution < -0.4 is 15.4 Å². The van der Waals surface area contributed by atoms with Gasteiger partial charge in [-0.1, -0.05) is 53.7 Å². The molecule has 2 aromatic rings. The van der Waals surface area contributed by atoms with Gasteiger partial charge < -0.3 is 25.5 Å². The van der Waals surface area contributed by atoms with E-state index in [4.69, 9.17) is 20.6 Å². The zero-order valence-electron chi connectivity index (χ0n) is 24.5. The normalized spacial score (nSPS) is 13.9. The molecule has 4 rings (SSSR count). The first kappa shape index (κ1) is 33.5. The highest BCUT2D eigenvalue weighted by Crippen LogP contribution is 2.25. The number of morpholine rings is 1. The molecule has 0 atom stereocenters. The van der Waals surface area contributed by atoms with Gasteiger partial charge in [0.2, 0.25) is 5.88 Å². The zero-order chi connectivity index (χ0) is 28.2. The molecule has 3 N–H and O–H groups in total. The minimum Gasteiger partial charge on any atom is -0.476 e. The average molecular weight is 547 g/mol. The summed E-state index contributed by atoms with van der Waals surface area (Å²) in [4.78, 5) is 10.6. The molecule has 0 bridgehead atoms. The van der Waals surface area contributed by atoms with Gasteiger partial charge in [0, 0.05) is 67.2 Å². The van der Waals surface area contributed by atoms with Crippen molar-refractivity contribution in [1.29, 1.82) is 5.41 Å². The van der Waals surface area contributed by atoms with Crippen LogP contribution in [0.1, 0.15) is 76.9 Å². The van der Waals surface area contributed by atoms with Crippen molar-refractivity contribution in [3.63, 3.8) is 0 Å². The molecule has 8 nitrogen and oxygen atoms in total. The van der Waals surface area contributed by atoms with Crippen molar-refractivity contribution in [2.24, 2.45) is 0 Å². The predicted molar refractivity (Wildman–Crippen MR) is 164 cm³/mol. The van der Waals surface area contributed by atoms with Crippen LogP contribution in [0.2, 0.25) is 0 Å². The summed E-state index contributed by atoms with van der Waals surface area (Å²) >= 11 is 1.52. The Morgan fingerprint density at radius 3 is 2.45 bits per heavy atom. The van der Waals surface area contributed by atoms with E-state index in [-0.39, 0.29) is 0 Å². The number of hydrogen-bond acceptors (Lipinski definition) is 9. The van der Waals surface area contributed by atoms with Gasteiger partial charge in [-0.05, 0) is 37.2 Å². The third kappa shape index (κ3) is 11.5. The summed E-state index contributed by atoms with van der Waals surface area (Å²) in [5.74, 6) is 1.53. The fourth-order valence-corrected chi connectivity index (χ4v) is 4.80. The lowest BCUT2D eigenvalue weighted by Crippen LogP contribution is -2.38. The lowest BCUT2D eigenvalue weighted by Gasteiger charge is -2.26. The predicted octanol–water partition coefficient (Wildman–Crippen LogP) is 6.15. The smallest absolute Gasteiger partial charge is 0.217 e. The third-order valence-electron chi connectivity index (χ3n) is 5.67. The molecule has 214 valence electrons. The maximum atomic E-state index is 7.09. The van der Waals surface area contributed by atoms with Crippen molar-refractivity contribution in [2.45, 2.75) is 67.2 Å². The molecule has 3 heterocycles. The van der Waals surface area contributed by atoms with E-state index >= 15 is 0 Å². The second-order valence-corrected chi connectivity index (χ2v) is 9.23. The second kappa shape index (κ2) is 20.5. The first-order valence-corrected chi connectivity index (χ1v) is 15.0. The molecule has 0 aromatic carbocycles. The highest BCUT2D eigenvalue weighted by atomic mass is 32.1. The Kier molecular flexibility index (Phi) is 18.1. The molecule has 2 aromatic heterocycles. The Bertz CT molecular complexity index is 922. The Morgan fingerprint density at radius 2 is 1.82 bits per heavy atom. The average Bonchev–Trinajstić information content (AvgIpc) is 3.39. The summed E-state index contributed by atoms with van der Waals surface area (Å²) in [6, 6.07) is 3.74. The highest BCUT2D eigenvalue weighted by Gasteiger charge is 2.13. The minimum atomic E-state index is 0.616. The van der Waals surface area contributed by atoms with Crippen LogP contribution in [0, 0.1) is 5.41 Å². The number of pyridine rings is 1. The largest absolute Gasteiger partial charge is 0.476 e. The van der Waals surface area contributed by atoms with E-state index in [0.29, 0.717) is 18.2 Å². The lowest BCUT2D eigenvalue weighted by molar-refractivity contribution is 0.0320. The van der Waals surface area contributed by atoms with Gasteiger partial charge in [0.1, 0.15) is 18.1 Å². The summed E-state index contributed by atoms with van der Waals surface area (Å²) in [5.41, 5.74) is 8.72. The van der Waals surface area contributed by atoms with Crippen molar-refractivity contribution >= 4 is 35.3 Å². The summed E-state index contributed by atoms with van der Waals surface area (Å²) < 4.78 is 15.4. The number of allylic oxidation sites excluding steroid dienone is 1. The van der Waals surface area contributed by atoms with Crippen LogP contribution >= 0.6 is 11.5 Å². The van der Waals surface area contributed by atoms with Gasteiger partial charge >= 0.3 is 0 Å². The van der Waals surface area contributed by atoms with Crippen LogP contribution in [-0.4, -0.2) is 73.0 Å². The van der Waals surface area contributed by atoms with Gasteiger partial charge in [0.15, 0.2) is 0 Å². The van der Waals surface area contributed by atoms with Crippen LogP contribution in [0.15, 0.2) is 18.2 Å². The number of aryl methyl sites for hydroxylation is 1. The summed E-state index contributed by atoms with van der Waals surface area (Å²) in [6.45, 7) is 19.4. The number of aromatic nitrogens is 2. The van der Waals surface area contributed by atoms with Gasteiger partial charge in [-0.15, -0.1) is 0 Å². The van der Waals surface area contributed by atoms with E-state index in [1.165, 1.54) is 22.6 Å². The number of rotatable bonds is 10. The Morgan fingerprint density at radius 1 is 1.13 bits per heavy atom. The van der Waals surface area contributed by atoms with Gasteiger partial charge in [0.05, 0.1) is 13.2 Å². The number of hydrogen-bond donors (Lipinski definition) is 2. The number of fused-ring (bicyclic) bond motifs is 1. The van der Waals surface area contributed by atoms with E-state index in [1.54, 1.807) is 6.07 Å². The molecule has 1 aliphatic heterocycles. The van der Waals surface area contributed by atoms with Crippen LogP contribution in [0.25, 0.3) is 6.08 Å². The Labute approximate surface area is 234 Å². The number of nitrogen functional groups attached to an aromatic ring is 1. The Hall–Kier alpha value is -2.49. The number of nitrogens with one attached hydrogen (secondary N) is 1. The van der Waals surface area contributed by atoms with Crippen LogP contribution in [0.5, 0.6) is 5.88 Å². The molecule has 1 saturated heterocycles. The minimum absolute atomic E-state index is 0.616.